The predicted octanol–water partition coefficient (Wildman–Crippen LogP) is 3.18. The Morgan fingerprint density at radius 2 is 2.06 bits per heavy atom. The van der Waals surface area contributed by atoms with Gasteiger partial charge in [-0.1, -0.05) is 27.2 Å². The summed E-state index contributed by atoms with van der Waals surface area (Å²) in [5, 5.41) is 8.04. The highest BCUT2D eigenvalue weighted by Gasteiger charge is 2.30. The van der Waals surface area contributed by atoms with Crippen LogP contribution in [0.3, 0.4) is 0 Å². The molecule has 0 aliphatic heterocycles. The molecule has 2 aromatic rings. The molecule has 0 aliphatic carbocycles. The molecular formula is C10H7BrF3N3. The average molecular weight is 306 g/mol. The topological polar surface area (TPSA) is 30.7 Å². The maximum absolute atomic E-state index is 12.5. The maximum Gasteiger partial charge on any atom is 0.416 e. The molecule has 7 heteroatoms. The van der Waals surface area contributed by atoms with E-state index in [2.05, 4.69) is 26.2 Å². The number of nitrogens with zero attached hydrogens (tertiary/aromatic N) is 3. The monoisotopic (exact) mass is 305 g/mol. The quantitative estimate of drug-likeness (QED) is 0.798. The molecule has 0 unspecified atom stereocenters. The number of hydrogen-bond acceptors (Lipinski definition) is 2. The highest BCUT2D eigenvalue weighted by molar-refractivity contribution is 9.08. The molecule has 0 saturated carbocycles. The lowest BCUT2D eigenvalue weighted by molar-refractivity contribution is -0.137. The predicted molar refractivity (Wildman–Crippen MR) is 59.0 cm³/mol. The van der Waals surface area contributed by atoms with E-state index in [1.807, 2.05) is 0 Å². The Balaban J connectivity index is 2.39. The normalized spacial score (nSPS) is 11.8. The number of alkyl halides is 4. The van der Waals surface area contributed by atoms with Gasteiger partial charge >= 0.3 is 6.18 Å². The lowest BCUT2D eigenvalue weighted by Gasteiger charge is -2.07. The van der Waals surface area contributed by atoms with Crippen LogP contribution in [-0.4, -0.2) is 15.0 Å². The smallest absolute Gasteiger partial charge is 0.220 e. The second kappa shape index (κ2) is 4.48. The lowest BCUT2D eigenvalue weighted by atomic mass is 10.2. The van der Waals surface area contributed by atoms with Crippen molar-refractivity contribution in [1.82, 2.24) is 15.0 Å². The largest absolute Gasteiger partial charge is 0.416 e. The summed E-state index contributed by atoms with van der Waals surface area (Å²) in [6.07, 6.45) is -2.78. The molecule has 0 spiro atoms. The molecule has 2 rings (SSSR count). The average Bonchev–Trinajstić information content (AvgIpc) is 2.76. The van der Waals surface area contributed by atoms with Crippen molar-refractivity contribution in [2.24, 2.45) is 0 Å². The van der Waals surface area contributed by atoms with Gasteiger partial charge in [-0.25, -0.2) is 4.68 Å². The van der Waals surface area contributed by atoms with Gasteiger partial charge in [-0.3, -0.25) is 0 Å². The molecule has 0 atom stereocenters. The number of rotatable bonds is 2. The Labute approximate surface area is 103 Å². The first-order chi connectivity index (χ1) is 8.00. The fraction of sp³-hybridized carbons (Fsp3) is 0.200. The molecule has 0 aliphatic rings. The minimum Gasteiger partial charge on any atom is -0.220 e. The van der Waals surface area contributed by atoms with E-state index in [-0.39, 0.29) is 0 Å². The molecule has 0 amide bonds. The van der Waals surface area contributed by atoms with E-state index < -0.39 is 11.7 Å². The second-order valence-electron chi connectivity index (χ2n) is 3.34. The molecule has 1 heterocycles. The molecule has 3 nitrogen and oxygen atoms in total. The molecule has 17 heavy (non-hydrogen) atoms. The van der Waals surface area contributed by atoms with Gasteiger partial charge in [0.1, 0.15) is 0 Å². The summed E-state index contributed by atoms with van der Waals surface area (Å²) in [7, 11) is 0. The van der Waals surface area contributed by atoms with Crippen molar-refractivity contribution in [3.05, 3.63) is 41.7 Å². The third-order valence-electron chi connectivity index (χ3n) is 2.12. The first-order valence-electron chi connectivity index (χ1n) is 4.65. The van der Waals surface area contributed by atoms with Gasteiger partial charge < -0.3 is 0 Å². The first-order valence-corrected chi connectivity index (χ1v) is 5.77. The summed E-state index contributed by atoms with van der Waals surface area (Å²) in [5.41, 5.74) is 0.285. The van der Waals surface area contributed by atoms with Gasteiger partial charge in [-0.2, -0.15) is 13.2 Å². The molecule has 1 aromatic heterocycles. The van der Waals surface area contributed by atoms with Crippen LogP contribution in [-0.2, 0) is 11.5 Å². The van der Waals surface area contributed by atoms with Crippen LogP contribution in [0.1, 0.15) is 11.3 Å². The molecule has 0 saturated heterocycles. The third-order valence-corrected chi connectivity index (χ3v) is 2.69. The van der Waals surface area contributed by atoms with Crippen LogP contribution in [0, 0.1) is 0 Å². The molecule has 90 valence electrons. The van der Waals surface area contributed by atoms with Crippen molar-refractivity contribution in [2.75, 3.05) is 0 Å². The molecular weight excluding hydrogens is 299 g/mol. The summed E-state index contributed by atoms with van der Waals surface area (Å²) in [6, 6.07) is 4.94. The lowest BCUT2D eigenvalue weighted by Crippen LogP contribution is -2.06. The molecule has 1 aromatic carbocycles. The summed E-state index contributed by atoms with van der Waals surface area (Å²) in [5.74, 6) is 0. The van der Waals surface area contributed by atoms with E-state index in [4.69, 9.17) is 0 Å². The van der Waals surface area contributed by atoms with Crippen molar-refractivity contribution in [1.29, 1.82) is 0 Å². The Kier molecular flexibility index (Phi) is 3.19. The Morgan fingerprint density at radius 3 is 2.65 bits per heavy atom. The van der Waals surface area contributed by atoms with E-state index in [1.54, 1.807) is 12.3 Å². The van der Waals surface area contributed by atoms with Crippen LogP contribution in [0.25, 0.3) is 5.69 Å². The highest BCUT2D eigenvalue weighted by atomic mass is 79.9. The fourth-order valence-corrected chi connectivity index (χ4v) is 1.57. The van der Waals surface area contributed by atoms with Gasteiger partial charge in [0, 0.05) is 5.33 Å². The minimum absolute atomic E-state index is 0.333. The zero-order valence-corrected chi connectivity index (χ0v) is 10.0. The summed E-state index contributed by atoms with van der Waals surface area (Å²) in [6.45, 7) is 0. The van der Waals surface area contributed by atoms with Gasteiger partial charge in [0.15, 0.2) is 0 Å². The van der Waals surface area contributed by atoms with E-state index in [1.165, 1.54) is 10.7 Å². The second-order valence-corrected chi connectivity index (χ2v) is 3.90. The van der Waals surface area contributed by atoms with E-state index >= 15 is 0 Å². The van der Waals surface area contributed by atoms with Crippen molar-refractivity contribution in [3.63, 3.8) is 0 Å². The maximum atomic E-state index is 12.5. The summed E-state index contributed by atoms with van der Waals surface area (Å²) < 4.78 is 38.8. The Morgan fingerprint density at radius 1 is 1.29 bits per heavy atom. The van der Waals surface area contributed by atoms with Crippen LogP contribution < -0.4 is 0 Å². The first kappa shape index (κ1) is 12.1. The van der Waals surface area contributed by atoms with Crippen molar-refractivity contribution >= 4 is 15.9 Å². The third kappa shape index (κ3) is 2.66. The summed E-state index contributed by atoms with van der Waals surface area (Å²) in [4.78, 5) is 0. The zero-order chi connectivity index (χ0) is 12.5. The van der Waals surface area contributed by atoms with E-state index in [0.29, 0.717) is 16.7 Å². The van der Waals surface area contributed by atoms with Crippen LogP contribution >= 0.6 is 15.9 Å². The number of benzene rings is 1. The van der Waals surface area contributed by atoms with Crippen LogP contribution in [0.5, 0.6) is 0 Å². The summed E-state index contributed by atoms with van der Waals surface area (Å²) >= 11 is 3.19. The minimum atomic E-state index is -4.35. The van der Waals surface area contributed by atoms with Gasteiger partial charge in [0.25, 0.3) is 0 Å². The van der Waals surface area contributed by atoms with Gasteiger partial charge in [0.05, 0.1) is 23.1 Å². The van der Waals surface area contributed by atoms with Crippen molar-refractivity contribution < 1.29 is 13.2 Å². The van der Waals surface area contributed by atoms with Gasteiger partial charge in [0.2, 0.25) is 0 Å². The SMILES string of the molecule is FC(F)(F)c1cccc(-n2cc(CBr)nn2)c1. The Bertz CT molecular complexity index is 522. The Hall–Kier alpha value is -1.37. The number of halogens is 4. The molecule has 0 fully saturated rings. The molecule has 0 N–H and O–H groups in total. The zero-order valence-electron chi connectivity index (χ0n) is 8.45. The molecule has 0 bridgehead atoms. The fourth-order valence-electron chi connectivity index (χ4n) is 1.31. The van der Waals surface area contributed by atoms with Gasteiger partial charge in [-0.15, -0.1) is 5.10 Å². The van der Waals surface area contributed by atoms with Crippen molar-refractivity contribution in [3.8, 4) is 5.69 Å². The van der Waals surface area contributed by atoms with E-state index in [0.717, 1.165) is 12.1 Å². The molecule has 0 radical (unpaired) electrons. The van der Waals surface area contributed by atoms with Gasteiger partial charge in [-0.05, 0) is 18.2 Å². The number of aromatic nitrogens is 3. The standard InChI is InChI=1S/C10H7BrF3N3/c11-5-8-6-17(16-15-8)9-3-1-2-7(4-9)10(12,13)14/h1-4,6H,5H2. The van der Waals surface area contributed by atoms with Crippen molar-refractivity contribution in [2.45, 2.75) is 11.5 Å². The van der Waals surface area contributed by atoms with Crippen LogP contribution in [0.2, 0.25) is 0 Å². The van der Waals surface area contributed by atoms with Crippen LogP contribution in [0.4, 0.5) is 13.2 Å². The van der Waals surface area contributed by atoms with E-state index in [9.17, 15) is 13.2 Å². The van der Waals surface area contributed by atoms with Crippen LogP contribution in [0.15, 0.2) is 30.5 Å². The highest BCUT2D eigenvalue weighted by Crippen LogP contribution is 2.30. The number of hydrogen-bond donors (Lipinski definition) is 0.